The zero-order chi connectivity index (χ0) is 9.47. The molecule has 0 bridgehead atoms. The predicted molar refractivity (Wildman–Crippen MR) is 40.7 cm³/mol. The Morgan fingerprint density at radius 2 is 2.38 bits per heavy atom. The molecule has 0 amide bonds. The van der Waals surface area contributed by atoms with Crippen LogP contribution in [0.4, 0.5) is 0 Å². The highest BCUT2D eigenvalue weighted by Crippen LogP contribution is 2.48. The smallest absolute Gasteiger partial charge is 0.321 e. The third-order valence-electron chi connectivity index (χ3n) is 2.44. The third-order valence-corrected chi connectivity index (χ3v) is 2.44. The molecule has 1 saturated carbocycles. The fourth-order valence-corrected chi connectivity index (χ4v) is 1.42. The number of aromatic nitrogens is 4. The molecule has 7 nitrogen and oxygen atoms in total. The van der Waals surface area contributed by atoms with Crippen molar-refractivity contribution in [1.29, 1.82) is 0 Å². The molecule has 0 aromatic carbocycles. The summed E-state index contributed by atoms with van der Waals surface area (Å²) in [7, 11) is 0. The van der Waals surface area contributed by atoms with Crippen molar-refractivity contribution < 1.29 is 9.90 Å². The zero-order valence-corrected chi connectivity index (χ0v) is 6.77. The summed E-state index contributed by atoms with van der Waals surface area (Å²) in [6.45, 7) is 0. The number of tetrazole rings is 1. The summed E-state index contributed by atoms with van der Waals surface area (Å²) in [5, 5.41) is 21.9. The van der Waals surface area contributed by atoms with Crippen LogP contribution in [0.1, 0.15) is 18.7 Å². The van der Waals surface area contributed by atoms with Crippen LogP contribution in [0.2, 0.25) is 0 Å². The van der Waals surface area contributed by atoms with Gasteiger partial charge in [-0.25, -0.2) is 0 Å². The first-order valence-electron chi connectivity index (χ1n) is 3.89. The lowest BCUT2D eigenvalue weighted by Crippen LogP contribution is -2.42. The summed E-state index contributed by atoms with van der Waals surface area (Å²) < 4.78 is 0. The molecule has 1 unspecified atom stereocenters. The molecule has 1 heterocycles. The third kappa shape index (κ3) is 1.08. The van der Waals surface area contributed by atoms with Crippen molar-refractivity contribution in [2.24, 2.45) is 5.73 Å². The Hall–Kier alpha value is -1.50. The van der Waals surface area contributed by atoms with Gasteiger partial charge in [0, 0.05) is 0 Å². The van der Waals surface area contributed by atoms with Crippen molar-refractivity contribution in [3.8, 4) is 0 Å². The molecule has 13 heavy (non-hydrogen) atoms. The molecule has 70 valence electrons. The van der Waals surface area contributed by atoms with Gasteiger partial charge in [-0.15, -0.1) is 10.2 Å². The minimum absolute atomic E-state index is 0.405. The van der Waals surface area contributed by atoms with E-state index in [0.29, 0.717) is 18.7 Å². The van der Waals surface area contributed by atoms with Crippen LogP contribution >= 0.6 is 0 Å². The number of H-pyrrole nitrogens is 1. The van der Waals surface area contributed by atoms with Gasteiger partial charge >= 0.3 is 5.97 Å². The lowest BCUT2D eigenvalue weighted by atomic mass is 9.97. The highest BCUT2D eigenvalue weighted by molar-refractivity contribution is 5.76. The number of nitrogens with zero attached hydrogens (tertiary/aromatic N) is 3. The van der Waals surface area contributed by atoms with E-state index in [1.54, 1.807) is 0 Å². The first kappa shape index (κ1) is 8.11. The SMILES string of the molecule is NC(C(=O)O)C1(c2nn[nH]n2)CC1. The zero-order valence-electron chi connectivity index (χ0n) is 6.77. The summed E-state index contributed by atoms with van der Waals surface area (Å²) in [5.41, 5.74) is 4.94. The van der Waals surface area contributed by atoms with Gasteiger partial charge in [-0.3, -0.25) is 4.79 Å². The number of rotatable bonds is 3. The fourth-order valence-electron chi connectivity index (χ4n) is 1.42. The van der Waals surface area contributed by atoms with Gasteiger partial charge in [0.1, 0.15) is 6.04 Å². The van der Waals surface area contributed by atoms with Gasteiger partial charge in [-0.2, -0.15) is 5.21 Å². The maximum atomic E-state index is 10.7. The number of hydrogen-bond donors (Lipinski definition) is 3. The van der Waals surface area contributed by atoms with E-state index in [9.17, 15) is 4.79 Å². The van der Waals surface area contributed by atoms with Crippen LogP contribution in [0.3, 0.4) is 0 Å². The van der Waals surface area contributed by atoms with Crippen LogP contribution in [0.25, 0.3) is 0 Å². The first-order valence-corrected chi connectivity index (χ1v) is 3.89. The highest BCUT2D eigenvalue weighted by Gasteiger charge is 2.55. The lowest BCUT2D eigenvalue weighted by molar-refractivity contribution is -0.139. The molecule has 1 fully saturated rings. The topological polar surface area (TPSA) is 118 Å². The van der Waals surface area contributed by atoms with Crippen LogP contribution in [-0.2, 0) is 10.2 Å². The summed E-state index contributed by atoms with van der Waals surface area (Å²) in [6, 6.07) is -0.940. The van der Waals surface area contributed by atoms with E-state index >= 15 is 0 Å². The van der Waals surface area contributed by atoms with Crippen LogP contribution < -0.4 is 5.73 Å². The van der Waals surface area contributed by atoms with E-state index in [1.807, 2.05) is 0 Å². The monoisotopic (exact) mass is 183 g/mol. The van der Waals surface area contributed by atoms with E-state index in [4.69, 9.17) is 10.8 Å². The lowest BCUT2D eigenvalue weighted by Gasteiger charge is -2.14. The molecule has 0 aliphatic heterocycles. The van der Waals surface area contributed by atoms with Crippen LogP contribution in [0.15, 0.2) is 0 Å². The van der Waals surface area contributed by atoms with Crippen molar-refractivity contribution in [2.75, 3.05) is 0 Å². The molecule has 1 aromatic heterocycles. The van der Waals surface area contributed by atoms with Crippen molar-refractivity contribution in [3.63, 3.8) is 0 Å². The van der Waals surface area contributed by atoms with E-state index in [0.717, 1.165) is 0 Å². The molecular formula is C6H9N5O2. The molecule has 7 heteroatoms. The number of aromatic amines is 1. The second kappa shape index (κ2) is 2.49. The van der Waals surface area contributed by atoms with E-state index < -0.39 is 17.4 Å². The van der Waals surface area contributed by atoms with Crippen molar-refractivity contribution in [2.45, 2.75) is 24.3 Å². The first-order chi connectivity index (χ1) is 6.17. The maximum absolute atomic E-state index is 10.7. The Bertz CT molecular complexity index is 318. The molecule has 1 aliphatic carbocycles. The molecule has 1 atom stereocenters. The van der Waals surface area contributed by atoms with Gasteiger partial charge in [-0.05, 0) is 12.8 Å². The Kier molecular flexibility index (Phi) is 1.56. The van der Waals surface area contributed by atoms with Gasteiger partial charge in [-0.1, -0.05) is 5.21 Å². The normalized spacial score (nSPS) is 21.0. The number of nitrogens with two attached hydrogens (primary N) is 1. The summed E-state index contributed by atoms with van der Waals surface area (Å²) >= 11 is 0. The van der Waals surface area contributed by atoms with Gasteiger partial charge in [0.15, 0.2) is 5.82 Å². The number of nitrogens with one attached hydrogen (secondary N) is 1. The Balaban J connectivity index is 2.27. The minimum Gasteiger partial charge on any atom is -0.480 e. The van der Waals surface area contributed by atoms with E-state index in [1.165, 1.54) is 0 Å². The van der Waals surface area contributed by atoms with Gasteiger partial charge < -0.3 is 10.8 Å². The molecule has 0 radical (unpaired) electrons. The summed E-state index contributed by atoms with van der Waals surface area (Å²) in [6.07, 6.45) is 1.42. The molecule has 0 spiro atoms. The highest BCUT2D eigenvalue weighted by atomic mass is 16.4. The largest absolute Gasteiger partial charge is 0.480 e. The fraction of sp³-hybridized carbons (Fsp3) is 0.667. The van der Waals surface area contributed by atoms with Gasteiger partial charge in [0.05, 0.1) is 5.41 Å². The number of hydrogen-bond acceptors (Lipinski definition) is 5. The Morgan fingerprint density at radius 3 is 2.77 bits per heavy atom. The van der Waals surface area contributed by atoms with Crippen LogP contribution in [0, 0.1) is 0 Å². The molecule has 2 rings (SSSR count). The number of carbonyl (C=O) groups is 1. The number of carboxylic acids is 1. The average molecular weight is 183 g/mol. The van der Waals surface area contributed by atoms with Crippen LogP contribution in [0.5, 0.6) is 0 Å². The number of carboxylic acid groups (broad SMARTS) is 1. The van der Waals surface area contributed by atoms with Crippen LogP contribution in [-0.4, -0.2) is 37.7 Å². The predicted octanol–water partition coefficient (Wildman–Crippen LogP) is -1.36. The minimum atomic E-state index is -1.03. The van der Waals surface area contributed by atoms with Crippen molar-refractivity contribution >= 4 is 5.97 Å². The van der Waals surface area contributed by atoms with E-state index in [2.05, 4.69) is 20.6 Å². The van der Waals surface area contributed by atoms with Gasteiger partial charge in [0.2, 0.25) is 0 Å². The number of aliphatic carboxylic acids is 1. The molecular weight excluding hydrogens is 174 g/mol. The van der Waals surface area contributed by atoms with Crippen molar-refractivity contribution in [3.05, 3.63) is 5.82 Å². The maximum Gasteiger partial charge on any atom is 0.321 e. The summed E-state index contributed by atoms with van der Waals surface area (Å²) in [4.78, 5) is 10.7. The molecule has 0 saturated heterocycles. The van der Waals surface area contributed by atoms with Gasteiger partial charge in [0.25, 0.3) is 0 Å². The molecule has 4 N–H and O–H groups in total. The Morgan fingerprint density at radius 1 is 1.69 bits per heavy atom. The second-order valence-electron chi connectivity index (χ2n) is 3.21. The molecule has 1 aromatic rings. The quantitative estimate of drug-likeness (QED) is 0.532. The van der Waals surface area contributed by atoms with Crippen molar-refractivity contribution in [1.82, 2.24) is 20.6 Å². The average Bonchev–Trinajstić information content (AvgIpc) is 2.72. The molecule has 1 aliphatic rings. The Labute approximate surface area is 73.3 Å². The van der Waals surface area contributed by atoms with E-state index in [-0.39, 0.29) is 0 Å². The second-order valence-corrected chi connectivity index (χ2v) is 3.21. The summed E-state index contributed by atoms with van der Waals surface area (Å²) in [5.74, 6) is -0.621. The standard InChI is InChI=1S/C6H9N5O2/c7-3(4(12)13)6(1-2-6)5-8-10-11-9-5/h3H,1-2,7H2,(H,12,13)(H,8,9,10,11).